The van der Waals surface area contributed by atoms with Crippen LogP contribution in [0, 0.1) is 20.8 Å². The van der Waals surface area contributed by atoms with Crippen LogP contribution in [-0.2, 0) is 14.8 Å². The number of carbonyl (C=O) groups is 1. The van der Waals surface area contributed by atoms with Gasteiger partial charge < -0.3 is 5.11 Å². The summed E-state index contributed by atoms with van der Waals surface area (Å²) < 4.78 is 27.3. The molecule has 1 aromatic carbocycles. The summed E-state index contributed by atoms with van der Waals surface area (Å²) in [5.41, 5.74) is 2.23. The molecular formula is C15H23NO4S. The molecule has 0 saturated heterocycles. The molecule has 1 unspecified atom stereocenters. The molecule has 5 nitrogen and oxygen atoms in total. The van der Waals surface area contributed by atoms with Crippen LogP contribution in [0.25, 0.3) is 0 Å². The van der Waals surface area contributed by atoms with E-state index >= 15 is 0 Å². The number of hydrogen-bond acceptors (Lipinski definition) is 3. The molecule has 0 bridgehead atoms. The number of nitrogens with one attached hydrogen (secondary N) is 1. The second-order valence-corrected chi connectivity index (χ2v) is 7.03. The quantitative estimate of drug-likeness (QED) is 0.810. The minimum Gasteiger partial charge on any atom is -0.480 e. The van der Waals surface area contributed by atoms with Crippen molar-refractivity contribution in [3.8, 4) is 0 Å². The number of unbranched alkanes of at least 4 members (excludes halogenated alkanes) is 1. The SMILES string of the molecule is CCCCC(NS(=O)(=O)c1c(C)cc(C)cc1C)C(=O)O. The minimum absolute atomic E-state index is 0.177. The van der Waals surface area contributed by atoms with Crippen molar-refractivity contribution in [2.24, 2.45) is 0 Å². The highest BCUT2D eigenvalue weighted by Crippen LogP contribution is 2.22. The average Bonchev–Trinajstić information content (AvgIpc) is 2.32. The summed E-state index contributed by atoms with van der Waals surface area (Å²) in [5, 5.41) is 9.17. The first-order valence-corrected chi connectivity index (χ1v) is 8.50. The Morgan fingerprint density at radius 3 is 2.19 bits per heavy atom. The molecule has 1 rings (SSSR count). The van der Waals surface area contributed by atoms with E-state index in [9.17, 15) is 13.2 Å². The summed E-state index contributed by atoms with van der Waals surface area (Å²) in [6.07, 6.45) is 1.76. The fourth-order valence-electron chi connectivity index (χ4n) is 2.48. The molecule has 0 heterocycles. The smallest absolute Gasteiger partial charge is 0.321 e. The summed E-state index contributed by atoms with van der Waals surface area (Å²) in [7, 11) is -3.84. The number of aliphatic carboxylic acids is 1. The zero-order valence-electron chi connectivity index (χ0n) is 12.9. The largest absolute Gasteiger partial charge is 0.480 e. The molecule has 2 N–H and O–H groups in total. The van der Waals surface area contributed by atoms with E-state index in [1.165, 1.54) is 0 Å². The van der Waals surface area contributed by atoms with Crippen molar-refractivity contribution in [3.05, 3.63) is 28.8 Å². The van der Waals surface area contributed by atoms with Gasteiger partial charge in [0, 0.05) is 0 Å². The van der Waals surface area contributed by atoms with Crippen LogP contribution in [0.2, 0.25) is 0 Å². The van der Waals surface area contributed by atoms with Gasteiger partial charge in [-0.05, 0) is 38.3 Å². The van der Waals surface area contributed by atoms with Gasteiger partial charge in [0.25, 0.3) is 0 Å². The predicted octanol–water partition coefficient (Wildman–Crippen LogP) is 2.53. The zero-order valence-corrected chi connectivity index (χ0v) is 13.8. The molecule has 0 aliphatic heterocycles. The Morgan fingerprint density at radius 1 is 1.24 bits per heavy atom. The van der Waals surface area contributed by atoms with Crippen molar-refractivity contribution in [2.45, 2.75) is 57.9 Å². The standard InChI is InChI=1S/C15H23NO4S/c1-5-6-7-13(15(17)18)16-21(19,20)14-11(3)8-10(2)9-12(14)4/h8-9,13,16H,5-7H2,1-4H3,(H,17,18). The second kappa shape index (κ2) is 7.04. The molecule has 0 fully saturated rings. The molecule has 0 aromatic heterocycles. The van der Waals surface area contributed by atoms with Crippen LogP contribution in [0.15, 0.2) is 17.0 Å². The van der Waals surface area contributed by atoms with Crippen LogP contribution >= 0.6 is 0 Å². The Bertz CT molecular complexity index is 600. The van der Waals surface area contributed by atoms with Crippen molar-refractivity contribution in [3.63, 3.8) is 0 Å². The van der Waals surface area contributed by atoms with Gasteiger partial charge in [0.1, 0.15) is 6.04 Å². The fraction of sp³-hybridized carbons (Fsp3) is 0.533. The van der Waals surface area contributed by atoms with Crippen molar-refractivity contribution >= 4 is 16.0 Å². The maximum absolute atomic E-state index is 12.5. The summed E-state index contributed by atoms with van der Waals surface area (Å²) in [6.45, 7) is 7.26. The third-order valence-corrected chi connectivity index (χ3v) is 5.09. The van der Waals surface area contributed by atoms with Gasteiger partial charge in [-0.2, -0.15) is 4.72 Å². The van der Waals surface area contributed by atoms with Crippen molar-refractivity contribution in [2.75, 3.05) is 0 Å². The van der Waals surface area contributed by atoms with E-state index in [0.717, 1.165) is 12.0 Å². The van der Waals surface area contributed by atoms with E-state index in [4.69, 9.17) is 5.11 Å². The molecule has 0 aliphatic rings. The monoisotopic (exact) mass is 313 g/mol. The van der Waals surface area contributed by atoms with Crippen molar-refractivity contribution in [1.82, 2.24) is 4.72 Å². The molecule has 21 heavy (non-hydrogen) atoms. The van der Waals surface area contributed by atoms with Crippen LogP contribution in [0.4, 0.5) is 0 Å². The van der Waals surface area contributed by atoms with Gasteiger partial charge in [-0.3, -0.25) is 4.79 Å². The minimum atomic E-state index is -3.84. The lowest BCUT2D eigenvalue weighted by Gasteiger charge is -2.17. The molecule has 0 spiro atoms. The maximum atomic E-state index is 12.5. The number of hydrogen-bond donors (Lipinski definition) is 2. The Balaban J connectivity index is 3.14. The highest BCUT2D eigenvalue weighted by atomic mass is 32.2. The van der Waals surface area contributed by atoms with Crippen LogP contribution in [0.3, 0.4) is 0 Å². The zero-order chi connectivity index (χ0) is 16.2. The van der Waals surface area contributed by atoms with E-state index in [1.807, 2.05) is 13.8 Å². The van der Waals surface area contributed by atoms with Crippen molar-refractivity contribution in [1.29, 1.82) is 0 Å². The highest BCUT2D eigenvalue weighted by Gasteiger charge is 2.27. The molecule has 0 aliphatic carbocycles. The number of sulfonamides is 1. The number of carboxylic acids is 1. The Labute approximate surface area is 126 Å². The van der Waals surface area contributed by atoms with Gasteiger partial charge in [-0.25, -0.2) is 8.42 Å². The lowest BCUT2D eigenvalue weighted by Crippen LogP contribution is -2.41. The van der Waals surface area contributed by atoms with Crippen LogP contribution in [0.1, 0.15) is 42.9 Å². The number of benzene rings is 1. The second-order valence-electron chi connectivity index (χ2n) is 5.38. The first-order valence-electron chi connectivity index (χ1n) is 7.02. The van der Waals surface area contributed by atoms with Gasteiger partial charge in [-0.15, -0.1) is 0 Å². The van der Waals surface area contributed by atoms with E-state index in [-0.39, 0.29) is 11.3 Å². The first kappa shape index (κ1) is 17.7. The van der Waals surface area contributed by atoms with Crippen LogP contribution < -0.4 is 4.72 Å². The van der Waals surface area contributed by atoms with Crippen LogP contribution in [-0.4, -0.2) is 25.5 Å². The van der Waals surface area contributed by atoms with Crippen LogP contribution in [0.5, 0.6) is 0 Å². The van der Waals surface area contributed by atoms with E-state index < -0.39 is 22.0 Å². The molecule has 0 radical (unpaired) electrons. The Hall–Kier alpha value is -1.40. The summed E-state index contributed by atoms with van der Waals surface area (Å²) in [5.74, 6) is -1.14. The fourth-order valence-corrected chi connectivity index (χ4v) is 4.15. The molecule has 118 valence electrons. The molecule has 1 aromatic rings. The normalized spacial score (nSPS) is 13.1. The molecule has 0 amide bonds. The molecule has 0 saturated carbocycles. The number of rotatable bonds is 7. The third kappa shape index (κ3) is 4.54. The predicted molar refractivity (Wildman–Crippen MR) is 81.9 cm³/mol. The number of aryl methyl sites for hydroxylation is 3. The third-order valence-electron chi connectivity index (χ3n) is 3.32. The van der Waals surface area contributed by atoms with Gasteiger partial charge in [-0.1, -0.05) is 37.5 Å². The summed E-state index contributed by atoms with van der Waals surface area (Å²) in [4.78, 5) is 11.4. The molecule has 6 heteroatoms. The highest BCUT2D eigenvalue weighted by molar-refractivity contribution is 7.89. The molecule has 1 atom stereocenters. The lowest BCUT2D eigenvalue weighted by atomic mass is 10.1. The Morgan fingerprint density at radius 2 is 1.76 bits per heavy atom. The van der Waals surface area contributed by atoms with Gasteiger partial charge >= 0.3 is 5.97 Å². The van der Waals surface area contributed by atoms with E-state index in [0.29, 0.717) is 17.5 Å². The summed E-state index contributed by atoms with van der Waals surface area (Å²) in [6, 6.07) is 2.47. The molecular weight excluding hydrogens is 290 g/mol. The summed E-state index contributed by atoms with van der Waals surface area (Å²) >= 11 is 0. The van der Waals surface area contributed by atoms with Crippen molar-refractivity contribution < 1.29 is 18.3 Å². The van der Waals surface area contributed by atoms with Gasteiger partial charge in [0.2, 0.25) is 10.0 Å². The first-order chi connectivity index (χ1) is 9.69. The van der Waals surface area contributed by atoms with Gasteiger partial charge in [0.05, 0.1) is 4.90 Å². The van der Waals surface area contributed by atoms with E-state index in [1.54, 1.807) is 26.0 Å². The maximum Gasteiger partial charge on any atom is 0.321 e. The number of carboxylic acid groups (broad SMARTS) is 1. The topological polar surface area (TPSA) is 83.5 Å². The Kier molecular flexibility index (Phi) is 5.92. The van der Waals surface area contributed by atoms with E-state index in [2.05, 4.69) is 4.72 Å². The average molecular weight is 313 g/mol. The van der Waals surface area contributed by atoms with Gasteiger partial charge in [0.15, 0.2) is 0 Å². The lowest BCUT2D eigenvalue weighted by molar-refractivity contribution is -0.139.